The van der Waals surface area contributed by atoms with E-state index in [1.165, 1.54) is 6.92 Å². The Hall–Kier alpha value is -2.32. The van der Waals surface area contributed by atoms with Crippen molar-refractivity contribution in [3.63, 3.8) is 0 Å². The van der Waals surface area contributed by atoms with E-state index in [-0.39, 0.29) is 12.1 Å². The number of anilines is 1. The predicted octanol–water partition coefficient (Wildman–Crippen LogP) is 2.83. The first-order valence-corrected chi connectivity index (χ1v) is 5.82. The van der Waals surface area contributed by atoms with Gasteiger partial charge >= 0.3 is 18.2 Å². The average molecular weight is 308 g/mol. The maximum atomic E-state index is 13.0. The third kappa shape index (κ3) is 4.62. The Balaban J connectivity index is 2.84. The van der Waals surface area contributed by atoms with Crippen LogP contribution in [0.2, 0.25) is 0 Å². The van der Waals surface area contributed by atoms with Gasteiger partial charge in [0.1, 0.15) is 11.9 Å². The summed E-state index contributed by atoms with van der Waals surface area (Å²) in [6, 6.07) is -0.244. The number of amides is 2. The van der Waals surface area contributed by atoms with Crippen molar-refractivity contribution in [2.45, 2.75) is 25.6 Å². The number of nitrogens with one attached hydrogen (secondary N) is 2. The number of urea groups is 1. The normalized spacial score (nSPS) is 12.6. The molecule has 0 aromatic heterocycles. The van der Waals surface area contributed by atoms with Crippen LogP contribution in [0, 0.1) is 5.82 Å². The molecule has 116 valence electrons. The van der Waals surface area contributed by atoms with E-state index in [0.717, 1.165) is 6.07 Å². The van der Waals surface area contributed by atoms with E-state index in [9.17, 15) is 27.2 Å². The molecule has 0 fully saturated rings. The van der Waals surface area contributed by atoms with Crippen molar-refractivity contribution in [3.05, 3.63) is 29.6 Å². The number of alkyl halides is 3. The quantitative estimate of drug-likeness (QED) is 0.748. The highest BCUT2D eigenvalue weighted by Crippen LogP contribution is 2.32. The van der Waals surface area contributed by atoms with Gasteiger partial charge in [0, 0.05) is 5.69 Å². The van der Waals surface area contributed by atoms with E-state index >= 15 is 0 Å². The average Bonchev–Trinajstić information content (AvgIpc) is 2.36. The molecule has 1 aromatic carbocycles. The van der Waals surface area contributed by atoms with Gasteiger partial charge in [-0.1, -0.05) is 6.92 Å². The number of rotatable bonds is 4. The van der Waals surface area contributed by atoms with Gasteiger partial charge in [-0.3, -0.25) is 0 Å². The monoisotopic (exact) mass is 308 g/mol. The Morgan fingerprint density at radius 3 is 2.43 bits per heavy atom. The SMILES string of the molecule is CC[C@@H](NC(=O)Nc1ccc(F)c(C(F)(F)F)c1)C(=O)O. The minimum absolute atomic E-state index is 0.0972. The van der Waals surface area contributed by atoms with Crippen LogP contribution in [0.1, 0.15) is 18.9 Å². The molecule has 5 nitrogen and oxygen atoms in total. The molecular weight excluding hydrogens is 296 g/mol. The molecule has 0 saturated heterocycles. The zero-order valence-corrected chi connectivity index (χ0v) is 10.8. The molecule has 0 aliphatic heterocycles. The van der Waals surface area contributed by atoms with E-state index in [2.05, 4.69) is 5.32 Å². The van der Waals surface area contributed by atoms with Crippen molar-refractivity contribution in [2.24, 2.45) is 0 Å². The van der Waals surface area contributed by atoms with E-state index in [1.54, 1.807) is 0 Å². The van der Waals surface area contributed by atoms with Gasteiger partial charge in [0.05, 0.1) is 5.56 Å². The van der Waals surface area contributed by atoms with Crippen LogP contribution < -0.4 is 10.6 Å². The number of halogens is 4. The Morgan fingerprint density at radius 1 is 1.33 bits per heavy atom. The van der Waals surface area contributed by atoms with Gasteiger partial charge in [-0.05, 0) is 24.6 Å². The summed E-state index contributed by atoms with van der Waals surface area (Å²) >= 11 is 0. The molecule has 0 aliphatic carbocycles. The van der Waals surface area contributed by atoms with Crippen LogP contribution in [0.15, 0.2) is 18.2 Å². The minimum Gasteiger partial charge on any atom is -0.480 e. The summed E-state index contributed by atoms with van der Waals surface area (Å²) in [6.45, 7) is 1.51. The third-order valence-corrected chi connectivity index (χ3v) is 2.54. The number of aliphatic carboxylic acids is 1. The molecule has 2 amide bonds. The molecule has 0 bridgehead atoms. The summed E-state index contributed by atoms with van der Waals surface area (Å²) in [5, 5.41) is 12.8. The molecule has 3 N–H and O–H groups in total. The van der Waals surface area contributed by atoms with Crippen molar-refractivity contribution in [2.75, 3.05) is 5.32 Å². The maximum Gasteiger partial charge on any atom is 0.419 e. The van der Waals surface area contributed by atoms with Crippen molar-refractivity contribution < 1.29 is 32.3 Å². The number of carboxylic acids is 1. The Kier molecular flexibility index (Phi) is 5.12. The first kappa shape index (κ1) is 16.7. The highest BCUT2D eigenvalue weighted by Gasteiger charge is 2.34. The second-order valence-electron chi connectivity index (χ2n) is 4.09. The molecule has 1 aromatic rings. The van der Waals surface area contributed by atoms with Gasteiger partial charge in [-0.2, -0.15) is 13.2 Å². The fourth-order valence-corrected chi connectivity index (χ4v) is 1.48. The molecule has 0 radical (unpaired) electrons. The Morgan fingerprint density at radius 2 is 1.95 bits per heavy atom. The Labute approximate surface area is 117 Å². The van der Waals surface area contributed by atoms with Gasteiger partial charge < -0.3 is 15.7 Å². The van der Waals surface area contributed by atoms with Crippen LogP contribution in [0.5, 0.6) is 0 Å². The van der Waals surface area contributed by atoms with Crippen LogP contribution in [0.4, 0.5) is 28.0 Å². The second kappa shape index (κ2) is 6.42. The lowest BCUT2D eigenvalue weighted by Crippen LogP contribution is -2.42. The summed E-state index contributed by atoms with van der Waals surface area (Å²) in [5.74, 6) is -2.74. The first-order valence-electron chi connectivity index (χ1n) is 5.82. The summed E-state index contributed by atoms with van der Waals surface area (Å²) in [4.78, 5) is 22.2. The molecule has 0 aliphatic rings. The maximum absolute atomic E-state index is 13.0. The summed E-state index contributed by atoms with van der Waals surface area (Å²) < 4.78 is 50.5. The lowest BCUT2D eigenvalue weighted by molar-refractivity contribution is -0.140. The number of carbonyl (C=O) groups is 2. The smallest absolute Gasteiger partial charge is 0.419 e. The topological polar surface area (TPSA) is 78.4 Å². The fourth-order valence-electron chi connectivity index (χ4n) is 1.48. The van der Waals surface area contributed by atoms with Gasteiger partial charge in [0.2, 0.25) is 0 Å². The summed E-state index contributed by atoms with van der Waals surface area (Å²) in [6.07, 6.45) is -4.80. The Bertz CT molecular complexity index is 546. The largest absolute Gasteiger partial charge is 0.480 e. The number of carbonyl (C=O) groups excluding carboxylic acids is 1. The number of hydrogen-bond donors (Lipinski definition) is 3. The first-order chi connectivity index (χ1) is 9.65. The van der Waals surface area contributed by atoms with Crippen LogP contribution >= 0.6 is 0 Å². The molecule has 0 unspecified atom stereocenters. The molecule has 21 heavy (non-hydrogen) atoms. The van der Waals surface area contributed by atoms with Gasteiger partial charge in [0.25, 0.3) is 0 Å². The van der Waals surface area contributed by atoms with Gasteiger partial charge in [-0.25, -0.2) is 14.0 Å². The van der Waals surface area contributed by atoms with Crippen LogP contribution in [0.3, 0.4) is 0 Å². The molecular formula is C12H12F4N2O3. The lowest BCUT2D eigenvalue weighted by Gasteiger charge is -2.14. The molecule has 1 rings (SSSR count). The number of hydrogen-bond acceptors (Lipinski definition) is 2. The second-order valence-corrected chi connectivity index (χ2v) is 4.09. The fraction of sp³-hybridized carbons (Fsp3) is 0.333. The van der Waals surface area contributed by atoms with E-state index in [4.69, 9.17) is 5.11 Å². The van der Waals surface area contributed by atoms with Crippen LogP contribution in [0.25, 0.3) is 0 Å². The van der Waals surface area contributed by atoms with Crippen molar-refractivity contribution in [1.29, 1.82) is 0 Å². The predicted molar refractivity (Wildman–Crippen MR) is 65.3 cm³/mol. The van der Waals surface area contributed by atoms with Crippen molar-refractivity contribution in [3.8, 4) is 0 Å². The standard InChI is InChI=1S/C12H12F4N2O3/c1-2-9(10(19)20)18-11(21)17-6-3-4-8(13)7(5-6)12(14,15)16/h3-5,9H,2H2,1H3,(H,19,20)(H2,17,18,21)/t9-/m1/s1. The van der Waals surface area contributed by atoms with E-state index in [1.807, 2.05) is 5.32 Å². The zero-order valence-electron chi connectivity index (χ0n) is 10.8. The number of benzene rings is 1. The lowest BCUT2D eigenvalue weighted by atomic mass is 10.2. The molecule has 1 atom stereocenters. The van der Waals surface area contributed by atoms with Crippen molar-refractivity contribution >= 4 is 17.7 Å². The molecule has 0 spiro atoms. The highest BCUT2D eigenvalue weighted by atomic mass is 19.4. The van der Waals surface area contributed by atoms with Gasteiger partial charge in [-0.15, -0.1) is 0 Å². The van der Waals surface area contributed by atoms with E-state index in [0.29, 0.717) is 12.1 Å². The minimum atomic E-state index is -4.90. The van der Waals surface area contributed by atoms with E-state index < -0.39 is 35.6 Å². The molecule has 9 heteroatoms. The summed E-state index contributed by atoms with van der Waals surface area (Å²) in [5.41, 5.74) is -1.83. The summed E-state index contributed by atoms with van der Waals surface area (Å²) in [7, 11) is 0. The van der Waals surface area contributed by atoms with Crippen LogP contribution in [-0.2, 0) is 11.0 Å². The van der Waals surface area contributed by atoms with Crippen LogP contribution in [-0.4, -0.2) is 23.1 Å². The van der Waals surface area contributed by atoms with Gasteiger partial charge in [0.15, 0.2) is 0 Å². The highest BCUT2D eigenvalue weighted by molar-refractivity contribution is 5.92. The molecule has 0 heterocycles. The third-order valence-electron chi connectivity index (χ3n) is 2.54. The zero-order chi connectivity index (χ0) is 16.2. The van der Waals surface area contributed by atoms with Crippen molar-refractivity contribution in [1.82, 2.24) is 5.32 Å². The number of carboxylic acid groups (broad SMARTS) is 1. The molecule has 0 saturated carbocycles.